The molecule has 0 aliphatic heterocycles. The molecule has 0 aliphatic carbocycles. The van der Waals surface area contributed by atoms with Crippen LogP contribution in [0, 0.1) is 12.7 Å². The first-order valence-electron chi connectivity index (χ1n) is 4.03. The number of aromatic nitrogens is 1. The summed E-state index contributed by atoms with van der Waals surface area (Å²) < 4.78 is 18.4. The molecular formula is C10H7ClFNO. The minimum Gasteiger partial charge on any atom is -0.443 e. The Hall–Kier alpha value is -1.35. The van der Waals surface area contributed by atoms with Crippen molar-refractivity contribution in [2.75, 3.05) is 0 Å². The predicted molar refractivity (Wildman–Crippen MR) is 51.6 cm³/mol. The topological polar surface area (TPSA) is 26.0 Å². The van der Waals surface area contributed by atoms with Crippen LogP contribution in [-0.2, 0) is 0 Å². The lowest BCUT2D eigenvalue weighted by Gasteiger charge is -2.04. The Morgan fingerprint density at radius 3 is 2.86 bits per heavy atom. The summed E-state index contributed by atoms with van der Waals surface area (Å²) in [6.45, 7) is 1.81. The lowest BCUT2D eigenvalue weighted by atomic mass is 10.1. The quantitative estimate of drug-likeness (QED) is 0.722. The smallest absolute Gasteiger partial charge is 0.181 e. The van der Waals surface area contributed by atoms with E-state index in [0.29, 0.717) is 10.8 Å². The molecule has 2 aromatic rings. The molecule has 0 aliphatic rings. The summed E-state index contributed by atoms with van der Waals surface area (Å²) in [7, 11) is 0. The zero-order valence-electron chi connectivity index (χ0n) is 7.42. The lowest BCUT2D eigenvalue weighted by molar-refractivity contribution is 0.561. The van der Waals surface area contributed by atoms with E-state index in [1.54, 1.807) is 6.07 Å². The molecule has 0 atom stereocenters. The molecule has 14 heavy (non-hydrogen) atoms. The third-order valence-corrected chi connectivity index (χ3v) is 2.45. The second kappa shape index (κ2) is 3.42. The molecule has 0 spiro atoms. The molecule has 1 heterocycles. The summed E-state index contributed by atoms with van der Waals surface area (Å²) in [6, 6.07) is 2.98. The van der Waals surface area contributed by atoms with Crippen LogP contribution in [0.25, 0.3) is 11.3 Å². The van der Waals surface area contributed by atoms with Crippen molar-refractivity contribution in [1.82, 2.24) is 4.98 Å². The van der Waals surface area contributed by atoms with E-state index in [-0.39, 0.29) is 5.56 Å². The first-order chi connectivity index (χ1) is 6.70. The molecule has 1 aromatic heterocycles. The normalized spacial score (nSPS) is 10.5. The van der Waals surface area contributed by atoms with Gasteiger partial charge in [-0.15, -0.1) is 0 Å². The van der Waals surface area contributed by atoms with Crippen LogP contribution in [0.1, 0.15) is 5.56 Å². The summed E-state index contributed by atoms with van der Waals surface area (Å²) in [5.74, 6) is -0.0615. The molecule has 1 aromatic carbocycles. The SMILES string of the molecule is Cc1ccc(F)c(-c2cnco2)c1Cl. The largest absolute Gasteiger partial charge is 0.443 e. The van der Waals surface area contributed by atoms with Gasteiger partial charge in [-0.3, -0.25) is 0 Å². The molecule has 2 rings (SSSR count). The van der Waals surface area contributed by atoms with E-state index in [4.69, 9.17) is 16.0 Å². The number of hydrogen-bond donors (Lipinski definition) is 0. The number of halogens is 2. The standard InChI is InChI=1S/C10H7ClFNO/c1-6-2-3-7(12)9(10(6)11)8-4-13-5-14-8/h2-5H,1H3. The number of rotatable bonds is 1. The van der Waals surface area contributed by atoms with E-state index < -0.39 is 5.82 Å². The summed E-state index contributed by atoms with van der Waals surface area (Å²) in [5, 5.41) is 0.363. The maximum atomic E-state index is 13.4. The summed E-state index contributed by atoms with van der Waals surface area (Å²) in [6.07, 6.45) is 2.68. The molecule has 72 valence electrons. The van der Waals surface area contributed by atoms with Gasteiger partial charge in [0.25, 0.3) is 0 Å². The van der Waals surface area contributed by atoms with Gasteiger partial charge in [-0.1, -0.05) is 17.7 Å². The van der Waals surface area contributed by atoms with Crippen LogP contribution < -0.4 is 0 Å². The van der Waals surface area contributed by atoms with Crippen LogP contribution in [0.15, 0.2) is 29.1 Å². The van der Waals surface area contributed by atoms with Gasteiger partial charge in [-0.05, 0) is 18.6 Å². The van der Waals surface area contributed by atoms with Crippen LogP contribution >= 0.6 is 11.6 Å². The predicted octanol–water partition coefficient (Wildman–Crippen LogP) is 3.44. The van der Waals surface area contributed by atoms with Crippen molar-refractivity contribution in [3.63, 3.8) is 0 Å². The molecule has 0 N–H and O–H groups in total. The molecule has 2 nitrogen and oxygen atoms in total. The van der Waals surface area contributed by atoms with E-state index in [9.17, 15) is 4.39 Å². The van der Waals surface area contributed by atoms with Crippen LogP contribution in [0.4, 0.5) is 4.39 Å². The van der Waals surface area contributed by atoms with Crippen molar-refractivity contribution in [3.05, 3.63) is 41.1 Å². The van der Waals surface area contributed by atoms with Gasteiger partial charge in [0.15, 0.2) is 12.2 Å². The molecule has 4 heteroatoms. The Morgan fingerprint density at radius 1 is 1.43 bits per heavy atom. The van der Waals surface area contributed by atoms with E-state index in [1.807, 2.05) is 6.92 Å². The maximum absolute atomic E-state index is 13.4. The molecule has 0 unspecified atom stereocenters. The Morgan fingerprint density at radius 2 is 2.21 bits per heavy atom. The van der Waals surface area contributed by atoms with Crippen molar-refractivity contribution >= 4 is 11.6 Å². The summed E-state index contributed by atoms with van der Waals surface area (Å²) in [5.41, 5.74) is 1.07. The van der Waals surface area contributed by atoms with Gasteiger partial charge in [-0.2, -0.15) is 0 Å². The Labute approximate surface area is 85.3 Å². The van der Waals surface area contributed by atoms with Crippen molar-refractivity contribution in [2.24, 2.45) is 0 Å². The Bertz CT molecular complexity index is 453. The van der Waals surface area contributed by atoms with Crippen molar-refractivity contribution in [3.8, 4) is 11.3 Å². The second-order valence-corrected chi connectivity index (χ2v) is 3.30. The third kappa shape index (κ3) is 1.40. The highest BCUT2D eigenvalue weighted by molar-refractivity contribution is 6.34. The average Bonchev–Trinajstić information content (AvgIpc) is 2.65. The highest BCUT2D eigenvalue weighted by Crippen LogP contribution is 2.32. The fraction of sp³-hybridized carbons (Fsp3) is 0.100. The van der Waals surface area contributed by atoms with Crippen LogP contribution in [0.5, 0.6) is 0 Å². The number of hydrogen-bond acceptors (Lipinski definition) is 2. The Kier molecular flexibility index (Phi) is 2.25. The number of nitrogens with zero attached hydrogens (tertiary/aromatic N) is 1. The van der Waals surface area contributed by atoms with Crippen molar-refractivity contribution < 1.29 is 8.81 Å². The first-order valence-corrected chi connectivity index (χ1v) is 4.41. The van der Waals surface area contributed by atoms with Gasteiger partial charge in [0.05, 0.1) is 16.8 Å². The molecular weight excluding hydrogens is 205 g/mol. The zero-order valence-corrected chi connectivity index (χ0v) is 8.18. The lowest BCUT2D eigenvalue weighted by Crippen LogP contribution is -1.87. The highest BCUT2D eigenvalue weighted by Gasteiger charge is 2.14. The third-order valence-electron chi connectivity index (χ3n) is 1.96. The van der Waals surface area contributed by atoms with E-state index in [2.05, 4.69) is 4.98 Å². The first kappa shape index (κ1) is 9.21. The molecule has 0 bridgehead atoms. The summed E-state index contributed by atoms with van der Waals surface area (Å²) in [4.78, 5) is 3.72. The number of oxazole rings is 1. The van der Waals surface area contributed by atoms with Gasteiger partial charge >= 0.3 is 0 Å². The number of benzene rings is 1. The van der Waals surface area contributed by atoms with Gasteiger partial charge in [0, 0.05) is 0 Å². The monoisotopic (exact) mass is 211 g/mol. The van der Waals surface area contributed by atoms with E-state index >= 15 is 0 Å². The highest BCUT2D eigenvalue weighted by atomic mass is 35.5. The molecule has 0 saturated heterocycles. The molecule has 0 radical (unpaired) electrons. The summed E-state index contributed by atoms with van der Waals surface area (Å²) >= 11 is 5.96. The zero-order chi connectivity index (χ0) is 10.1. The maximum Gasteiger partial charge on any atom is 0.181 e. The fourth-order valence-electron chi connectivity index (χ4n) is 1.22. The average molecular weight is 212 g/mol. The van der Waals surface area contributed by atoms with Crippen LogP contribution in [-0.4, -0.2) is 4.98 Å². The minimum absolute atomic E-state index is 0.268. The van der Waals surface area contributed by atoms with Gasteiger partial charge in [-0.25, -0.2) is 9.37 Å². The molecule has 0 fully saturated rings. The van der Waals surface area contributed by atoms with Gasteiger partial charge in [0.2, 0.25) is 0 Å². The number of aryl methyl sites for hydroxylation is 1. The van der Waals surface area contributed by atoms with E-state index in [0.717, 1.165) is 5.56 Å². The molecule has 0 amide bonds. The van der Waals surface area contributed by atoms with Gasteiger partial charge in [0.1, 0.15) is 5.82 Å². The van der Waals surface area contributed by atoms with Crippen molar-refractivity contribution in [1.29, 1.82) is 0 Å². The molecule has 0 saturated carbocycles. The van der Waals surface area contributed by atoms with E-state index in [1.165, 1.54) is 18.7 Å². The second-order valence-electron chi connectivity index (χ2n) is 2.92. The van der Waals surface area contributed by atoms with Crippen LogP contribution in [0.3, 0.4) is 0 Å². The fourth-order valence-corrected chi connectivity index (χ4v) is 1.47. The van der Waals surface area contributed by atoms with Gasteiger partial charge < -0.3 is 4.42 Å². The Balaban J connectivity index is 2.69. The van der Waals surface area contributed by atoms with Crippen molar-refractivity contribution in [2.45, 2.75) is 6.92 Å². The van der Waals surface area contributed by atoms with Crippen LogP contribution in [0.2, 0.25) is 5.02 Å². The minimum atomic E-state index is -0.405.